The summed E-state index contributed by atoms with van der Waals surface area (Å²) in [5, 5.41) is 13.4. The lowest BCUT2D eigenvalue weighted by atomic mass is 9.87. The minimum absolute atomic E-state index is 0.0415. The van der Waals surface area contributed by atoms with Gasteiger partial charge in [-0.05, 0) is 24.0 Å². The third-order valence-electron chi connectivity index (χ3n) is 5.63. The summed E-state index contributed by atoms with van der Waals surface area (Å²) in [5.41, 5.74) is -2.89. The zero-order chi connectivity index (χ0) is 24.9. The van der Waals surface area contributed by atoms with Crippen molar-refractivity contribution in [1.29, 1.82) is 5.26 Å². The lowest BCUT2D eigenvalue weighted by molar-refractivity contribution is -0.144. The van der Waals surface area contributed by atoms with Crippen molar-refractivity contribution in [2.75, 3.05) is 21.2 Å². The summed E-state index contributed by atoms with van der Waals surface area (Å²) in [6.07, 6.45) is -2.91. The summed E-state index contributed by atoms with van der Waals surface area (Å²) >= 11 is 12.4. The van der Waals surface area contributed by atoms with Crippen LogP contribution in [0.5, 0.6) is 0 Å². The second-order valence-electron chi connectivity index (χ2n) is 8.52. The van der Waals surface area contributed by atoms with Crippen LogP contribution in [0.1, 0.15) is 37.1 Å². The van der Waals surface area contributed by atoms with Crippen LogP contribution in [-0.2, 0) is 21.1 Å². The maximum atomic E-state index is 13.2. The fourth-order valence-electron chi connectivity index (χ4n) is 3.93. The molecule has 0 bridgehead atoms. The highest BCUT2D eigenvalue weighted by Gasteiger charge is 2.70. The Bertz CT molecular complexity index is 1170. The van der Waals surface area contributed by atoms with E-state index in [0.717, 1.165) is 4.68 Å². The Morgan fingerprint density at radius 2 is 1.88 bits per heavy atom. The molecule has 0 aliphatic heterocycles. The Hall–Kier alpha value is -2.77. The van der Waals surface area contributed by atoms with Crippen molar-refractivity contribution in [1.82, 2.24) is 14.7 Å². The van der Waals surface area contributed by atoms with Crippen LogP contribution in [0.15, 0.2) is 17.1 Å². The molecule has 1 unspecified atom stereocenters. The summed E-state index contributed by atoms with van der Waals surface area (Å²) in [7, 11) is 4.63. The topological polar surface area (TPSA) is 83.5 Å². The molecular weight excluding hydrogens is 482 g/mol. The number of alkyl halides is 3. The van der Waals surface area contributed by atoms with Gasteiger partial charge in [-0.1, -0.05) is 37.0 Å². The molecule has 12 heteroatoms. The molecule has 1 atom stereocenters. The van der Waals surface area contributed by atoms with Crippen molar-refractivity contribution in [3.63, 3.8) is 0 Å². The van der Waals surface area contributed by atoms with Gasteiger partial charge in [0.25, 0.3) is 0 Å². The molecule has 3 rings (SSSR count). The maximum Gasteiger partial charge on any atom is 0.416 e. The zero-order valence-corrected chi connectivity index (χ0v) is 19.9. The molecule has 2 aromatic rings. The Kier molecular flexibility index (Phi) is 6.19. The molecule has 0 spiro atoms. The quantitative estimate of drug-likeness (QED) is 0.322. The van der Waals surface area contributed by atoms with Gasteiger partial charge in [-0.25, -0.2) is 9.67 Å². The van der Waals surface area contributed by atoms with E-state index in [-0.39, 0.29) is 32.8 Å². The number of carbonyl (C=O) groups is 1. The molecule has 0 radical (unpaired) electrons. The van der Waals surface area contributed by atoms with Gasteiger partial charge in [0.15, 0.2) is 11.5 Å². The number of nitrogens with zero attached hydrogens (tertiary/aromatic N) is 5. The van der Waals surface area contributed by atoms with E-state index in [1.54, 1.807) is 19.0 Å². The highest BCUT2D eigenvalue weighted by atomic mass is 35.5. The first-order chi connectivity index (χ1) is 15.2. The maximum absolute atomic E-state index is 13.2. The minimum Gasteiger partial charge on any atom is -0.468 e. The van der Waals surface area contributed by atoms with E-state index < -0.39 is 28.5 Å². The number of aliphatic imine (C=N–C) groups is 1. The number of aromatic nitrogens is 2. The Morgan fingerprint density at radius 3 is 2.27 bits per heavy atom. The van der Waals surface area contributed by atoms with Crippen LogP contribution >= 0.6 is 23.2 Å². The van der Waals surface area contributed by atoms with Crippen molar-refractivity contribution in [2.24, 2.45) is 10.4 Å². The van der Waals surface area contributed by atoms with Crippen LogP contribution < -0.4 is 0 Å². The van der Waals surface area contributed by atoms with Gasteiger partial charge in [-0.2, -0.15) is 23.5 Å². The van der Waals surface area contributed by atoms with E-state index in [4.69, 9.17) is 27.9 Å². The monoisotopic (exact) mass is 501 g/mol. The second kappa shape index (κ2) is 8.22. The van der Waals surface area contributed by atoms with Crippen LogP contribution in [0, 0.1) is 16.7 Å². The lowest BCUT2D eigenvalue weighted by Crippen LogP contribution is -2.28. The van der Waals surface area contributed by atoms with Gasteiger partial charge in [0.2, 0.25) is 0 Å². The molecule has 33 heavy (non-hydrogen) atoms. The number of hydrogen-bond donors (Lipinski definition) is 0. The predicted molar refractivity (Wildman–Crippen MR) is 117 cm³/mol. The van der Waals surface area contributed by atoms with Crippen LogP contribution in [0.2, 0.25) is 10.0 Å². The van der Waals surface area contributed by atoms with Crippen molar-refractivity contribution >= 4 is 41.3 Å². The standard InChI is InChI=1S/C21H20Cl2F3N5O2/c1-19(2)9-20(19,18(32)33-5)15-14(8-27)29-31(17(15)28-10-30(3)4)16-12(22)6-11(7-13(16)23)21(24,25)26/h6-7,10H,9H2,1-5H3/b28-10+. The van der Waals surface area contributed by atoms with Crippen molar-refractivity contribution in [3.05, 3.63) is 39.0 Å². The van der Waals surface area contributed by atoms with Gasteiger partial charge in [0, 0.05) is 14.1 Å². The molecule has 1 saturated carbocycles. The van der Waals surface area contributed by atoms with Crippen LogP contribution in [0.4, 0.5) is 19.0 Å². The second-order valence-corrected chi connectivity index (χ2v) is 9.34. The average Bonchev–Trinajstić information content (AvgIpc) is 3.11. The third-order valence-corrected chi connectivity index (χ3v) is 6.21. The minimum atomic E-state index is -4.67. The van der Waals surface area contributed by atoms with E-state index in [1.807, 2.05) is 19.9 Å². The van der Waals surface area contributed by atoms with Gasteiger partial charge < -0.3 is 9.64 Å². The SMILES string of the molecule is COC(=O)C1(c2c(C#N)nn(-c3c(Cl)cc(C(F)(F)F)cc3Cl)c2/N=C/N(C)C)CC1(C)C. The summed E-state index contributed by atoms with van der Waals surface area (Å²) < 4.78 is 45.8. The largest absolute Gasteiger partial charge is 0.468 e. The van der Waals surface area contributed by atoms with Crippen molar-refractivity contribution in [2.45, 2.75) is 31.9 Å². The number of esters is 1. The van der Waals surface area contributed by atoms with Crippen molar-refractivity contribution in [3.8, 4) is 11.8 Å². The molecule has 1 aliphatic carbocycles. The zero-order valence-electron chi connectivity index (χ0n) is 18.4. The number of ether oxygens (including phenoxy) is 1. The van der Waals surface area contributed by atoms with Crippen LogP contribution in [0.25, 0.3) is 5.69 Å². The Morgan fingerprint density at radius 1 is 1.33 bits per heavy atom. The van der Waals surface area contributed by atoms with E-state index in [9.17, 15) is 23.2 Å². The average molecular weight is 502 g/mol. The first-order valence-corrected chi connectivity index (χ1v) is 10.4. The molecule has 1 aliphatic rings. The first kappa shape index (κ1) is 24.9. The van der Waals surface area contributed by atoms with Crippen molar-refractivity contribution < 1.29 is 22.7 Å². The molecule has 0 amide bonds. The molecular formula is C21H20Cl2F3N5O2. The molecule has 176 valence electrons. The Balaban J connectivity index is 2.39. The Labute approximate surface area is 198 Å². The summed E-state index contributed by atoms with van der Waals surface area (Å²) in [4.78, 5) is 18.9. The van der Waals surface area contributed by atoms with Gasteiger partial charge in [-0.15, -0.1) is 0 Å². The smallest absolute Gasteiger partial charge is 0.416 e. The lowest BCUT2D eigenvalue weighted by Gasteiger charge is -2.19. The normalized spacial score (nSPS) is 19.4. The third kappa shape index (κ3) is 4.04. The van der Waals surface area contributed by atoms with Gasteiger partial charge in [-0.3, -0.25) is 4.79 Å². The number of rotatable bonds is 5. The van der Waals surface area contributed by atoms with Gasteiger partial charge in [0.05, 0.1) is 34.6 Å². The summed E-state index contributed by atoms with van der Waals surface area (Å²) in [6.45, 7) is 3.67. The number of hydrogen-bond acceptors (Lipinski definition) is 5. The summed E-state index contributed by atoms with van der Waals surface area (Å²) in [5.74, 6) is -0.533. The fourth-order valence-corrected chi connectivity index (χ4v) is 4.57. The molecule has 1 fully saturated rings. The number of carbonyl (C=O) groups excluding carboxylic acids is 1. The highest BCUT2D eigenvalue weighted by Crippen LogP contribution is 2.67. The van der Waals surface area contributed by atoms with E-state index in [2.05, 4.69) is 10.1 Å². The highest BCUT2D eigenvalue weighted by molar-refractivity contribution is 6.38. The van der Waals surface area contributed by atoms with Crippen LogP contribution in [0.3, 0.4) is 0 Å². The molecule has 7 nitrogen and oxygen atoms in total. The molecule has 0 saturated heterocycles. The predicted octanol–water partition coefficient (Wildman–Crippen LogP) is 5.13. The van der Waals surface area contributed by atoms with E-state index in [1.165, 1.54) is 13.4 Å². The van der Waals surface area contributed by atoms with E-state index in [0.29, 0.717) is 18.6 Å². The molecule has 1 aromatic heterocycles. The number of methoxy groups -OCH3 is 1. The molecule has 0 N–H and O–H groups in total. The fraction of sp³-hybridized carbons (Fsp3) is 0.429. The molecule has 1 aromatic carbocycles. The number of halogens is 5. The van der Waals surface area contributed by atoms with Crippen LogP contribution in [-0.4, -0.2) is 48.2 Å². The van der Waals surface area contributed by atoms with Gasteiger partial charge in [0.1, 0.15) is 17.2 Å². The molecule has 1 heterocycles. The summed E-state index contributed by atoms with van der Waals surface area (Å²) in [6, 6.07) is 3.39. The number of benzene rings is 1. The van der Waals surface area contributed by atoms with E-state index >= 15 is 0 Å². The number of nitriles is 1. The first-order valence-electron chi connectivity index (χ1n) is 9.60. The van der Waals surface area contributed by atoms with Gasteiger partial charge >= 0.3 is 12.1 Å².